The average Bonchev–Trinajstić information content (AvgIpc) is 2.69. The highest BCUT2D eigenvalue weighted by atomic mass is 35.5. The molecule has 0 atom stereocenters. The molecule has 0 saturated carbocycles. The molecule has 0 fully saturated rings. The maximum Gasteiger partial charge on any atom is 0.413 e. The second kappa shape index (κ2) is 8.40. The molecule has 30 heavy (non-hydrogen) atoms. The molecule has 154 valence electrons. The number of fused-ring (bicyclic) bond motifs is 2. The maximum absolute atomic E-state index is 12.4. The van der Waals surface area contributed by atoms with Gasteiger partial charge < -0.3 is 0 Å². The van der Waals surface area contributed by atoms with Gasteiger partial charge in [0.1, 0.15) is 5.52 Å². The lowest BCUT2D eigenvalue weighted by atomic mass is 10.0. The van der Waals surface area contributed by atoms with Gasteiger partial charge >= 0.3 is 11.3 Å². The molecule has 6 nitrogen and oxygen atoms in total. The van der Waals surface area contributed by atoms with Crippen molar-refractivity contribution in [3.8, 4) is 0 Å². The van der Waals surface area contributed by atoms with Gasteiger partial charge in [-0.25, -0.2) is 14.3 Å². The lowest BCUT2D eigenvalue weighted by Gasteiger charge is -2.10. The SMILES string of the molecule is CC(C)Cc1ccc2c(c1)nc1c(=O)[nH]c(=O)[nH]c1[n+]2CCCc1ccc(Cl)cc1. The first-order valence-electron chi connectivity index (χ1n) is 10.1. The first-order valence-corrected chi connectivity index (χ1v) is 10.5. The third kappa shape index (κ3) is 4.28. The van der Waals surface area contributed by atoms with Crippen LogP contribution in [0.5, 0.6) is 0 Å². The van der Waals surface area contributed by atoms with Gasteiger partial charge in [-0.15, -0.1) is 0 Å². The Balaban J connectivity index is 1.78. The Bertz CT molecular complexity index is 1320. The molecule has 4 rings (SSSR count). The molecule has 7 heteroatoms. The number of benzene rings is 2. The Hall–Kier alpha value is -2.99. The minimum absolute atomic E-state index is 0.246. The molecule has 0 aliphatic rings. The Kier molecular flexibility index (Phi) is 5.68. The molecular formula is C23H24ClN4O2+. The molecule has 2 aromatic carbocycles. The van der Waals surface area contributed by atoms with Crippen molar-refractivity contribution in [2.24, 2.45) is 5.92 Å². The number of aromatic amines is 2. The van der Waals surface area contributed by atoms with Crippen LogP contribution in [0.4, 0.5) is 0 Å². The van der Waals surface area contributed by atoms with E-state index in [0.717, 1.165) is 30.3 Å². The van der Waals surface area contributed by atoms with E-state index in [1.54, 1.807) is 0 Å². The molecule has 0 aliphatic heterocycles. The standard InChI is InChI=1S/C23H23ClN4O2/c1-14(2)12-16-7-10-19-18(13-16)25-20-21(26-23(30)27-22(20)29)28(19)11-3-4-15-5-8-17(24)9-6-15/h5-10,13-14H,3-4,11-12H2,1-2H3,(H,27,29,30)/p+1. The van der Waals surface area contributed by atoms with Crippen molar-refractivity contribution < 1.29 is 4.57 Å². The summed E-state index contributed by atoms with van der Waals surface area (Å²) in [5.41, 5.74) is 3.70. The second-order valence-electron chi connectivity index (χ2n) is 8.02. The lowest BCUT2D eigenvalue weighted by molar-refractivity contribution is -0.648. The van der Waals surface area contributed by atoms with Gasteiger partial charge in [0.15, 0.2) is 5.52 Å². The number of rotatable bonds is 6. The Morgan fingerprint density at radius 2 is 1.77 bits per heavy atom. The van der Waals surface area contributed by atoms with Crippen LogP contribution in [0.15, 0.2) is 52.1 Å². The Morgan fingerprint density at radius 1 is 1.03 bits per heavy atom. The molecule has 2 aromatic heterocycles. The molecule has 0 aliphatic carbocycles. The molecule has 0 radical (unpaired) electrons. The number of nitrogens with one attached hydrogen (secondary N) is 2. The number of hydrogen-bond donors (Lipinski definition) is 2. The number of halogens is 1. The van der Waals surface area contributed by atoms with Crippen molar-refractivity contribution in [3.63, 3.8) is 0 Å². The molecule has 4 aromatic rings. The number of aryl methyl sites for hydroxylation is 2. The molecule has 0 amide bonds. The van der Waals surface area contributed by atoms with Crippen LogP contribution in [0.3, 0.4) is 0 Å². The van der Waals surface area contributed by atoms with Crippen molar-refractivity contribution in [1.29, 1.82) is 0 Å². The van der Waals surface area contributed by atoms with Crippen LogP contribution in [0.1, 0.15) is 31.4 Å². The summed E-state index contributed by atoms with van der Waals surface area (Å²) in [6.07, 6.45) is 2.63. The topological polar surface area (TPSA) is 82.5 Å². The molecule has 0 spiro atoms. The third-order valence-corrected chi connectivity index (χ3v) is 5.39. The number of hydrogen-bond acceptors (Lipinski definition) is 3. The first kappa shape index (κ1) is 20.3. The predicted octanol–water partition coefficient (Wildman–Crippen LogP) is 3.54. The van der Waals surface area contributed by atoms with E-state index in [-0.39, 0.29) is 5.52 Å². The smallest absolute Gasteiger partial charge is 0.267 e. The van der Waals surface area contributed by atoms with Crippen LogP contribution in [-0.4, -0.2) is 15.0 Å². The Morgan fingerprint density at radius 3 is 2.50 bits per heavy atom. The van der Waals surface area contributed by atoms with E-state index in [2.05, 4.69) is 34.9 Å². The highest BCUT2D eigenvalue weighted by Crippen LogP contribution is 2.17. The van der Waals surface area contributed by atoms with Crippen molar-refractivity contribution in [2.75, 3.05) is 0 Å². The largest absolute Gasteiger partial charge is 0.413 e. The quantitative estimate of drug-likeness (QED) is 0.367. The van der Waals surface area contributed by atoms with Crippen LogP contribution in [0, 0.1) is 5.92 Å². The monoisotopic (exact) mass is 423 g/mol. The van der Waals surface area contributed by atoms with E-state index >= 15 is 0 Å². The molecular weight excluding hydrogens is 400 g/mol. The Labute approximate surface area is 178 Å². The third-order valence-electron chi connectivity index (χ3n) is 5.14. The summed E-state index contributed by atoms with van der Waals surface area (Å²) in [5, 5.41) is 0.716. The van der Waals surface area contributed by atoms with Crippen molar-refractivity contribution >= 4 is 33.8 Å². The fourth-order valence-corrected chi connectivity index (χ4v) is 3.94. The summed E-state index contributed by atoms with van der Waals surface area (Å²) >= 11 is 5.97. The van der Waals surface area contributed by atoms with Gasteiger partial charge in [0.25, 0.3) is 5.56 Å². The van der Waals surface area contributed by atoms with Crippen LogP contribution in [-0.2, 0) is 19.4 Å². The zero-order valence-electron chi connectivity index (χ0n) is 17.0. The summed E-state index contributed by atoms with van der Waals surface area (Å²) < 4.78 is 1.99. The number of nitrogens with zero attached hydrogens (tertiary/aromatic N) is 2. The van der Waals surface area contributed by atoms with Gasteiger partial charge in [0.2, 0.25) is 5.52 Å². The zero-order valence-corrected chi connectivity index (χ0v) is 17.8. The van der Waals surface area contributed by atoms with E-state index in [0.29, 0.717) is 23.1 Å². The van der Waals surface area contributed by atoms with Gasteiger partial charge in [0, 0.05) is 5.02 Å². The summed E-state index contributed by atoms with van der Waals surface area (Å²) in [4.78, 5) is 34.0. The van der Waals surface area contributed by atoms with Crippen LogP contribution < -0.4 is 15.8 Å². The van der Waals surface area contributed by atoms with Crippen LogP contribution in [0.25, 0.3) is 22.2 Å². The maximum atomic E-state index is 12.4. The minimum atomic E-state index is -0.531. The number of H-pyrrole nitrogens is 2. The van der Waals surface area contributed by atoms with Gasteiger partial charge in [-0.1, -0.05) is 43.6 Å². The fraction of sp³-hybridized carbons (Fsp3) is 0.304. The van der Waals surface area contributed by atoms with Gasteiger partial charge in [-0.05, 0) is 60.6 Å². The highest BCUT2D eigenvalue weighted by molar-refractivity contribution is 6.30. The van der Waals surface area contributed by atoms with Crippen molar-refractivity contribution in [3.05, 3.63) is 79.5 Å². The molecule has 0 unspecified atom stereocenters. The second-order valence-corrected chi connectivity index (χ2v) is 8.46. The first-order chi connectivity index (χ1) is 14.4. The summed E-state index contributed by atoms with van der Waals surface area (Å²) in [6, 6.07) is 14.0. The van der Waals surface area contributed by atoms with Crippen molar-refractivity contribution in [1.82, 2.24) is 15.0 Å². The van der Waals surface area contributed by atoms with Crippen molar-refractivity contribution in [2.45, 2.75) is 39.7 Å². The van der Waals surface area contributed by atoms with Gasteiger partial charge in [-0.2, -0.15) is 4.98 Å². The van der Waals surface area contributed by atoms with Gasteiger partial charge in [-0.3, -0.25) is 9.78 Å². The van der Waals surface area contributed by atoms with E-state index in [9.17, 15) is 9.59 Å². The van der Waals surface area contributed by atoms with E-state index < -0.39 is 11.2 Å². The summed E-state index contributed by atoms with van der Waals surface area (Å²) in [5.74, 6) is 0.522. The van der Waals surface area contributed by atoms with Crippen LogP contribution >= 0.6 is 11.6 Å². The lowest BCUT2D eigenvalue weighted by Crippen LogP contribution is -2.40. The zero-order chi connectivity index (χ0) is 21.3. The van der Waals surface area contributed by atoms with E-state index in [1.165, 1.54) is 11.1 Å². The summed E-state index contributed by atoms with van der Waals surface area (Å²) in [6.45, 7) is 4.98. The molecule has 2 N–H and O–H groups in total. The van der Waals surface area contributed by atoms with Gasteiger partial charge in [0.05, 0.1) is 6.54 Å². The summed E-state index contributed by atoms with van der Waals surface area (Å²) in [7, 11) is 0. The van der Waals surface area contributed by atoms with Crippen LogP contribution in [0.2, 0.25) is 5.02 Å². The molecule has 2 heterocycles. The van der Waals surface area contributed by atoms with E-state index in [4.69, 9.17) is 11.6 Å². The predicted molar refractivity (Wildman–Crippen MR) is 119 cm³/mol. The fourth-order valence-electron chi connectivity index (χ4n) is 3.82. The molecule has 0 bridgehead atoms. The normalized spacial score (nSPS) is 11.6. The average molecular weight is 424 g/mol. The minimum Gasteiger partial charge on any atom is -0.267 e. The molecule has 0 saturated heterocycles. The van der Waals surface area contributed by atoms with E-state index in [1.807, 2.05) is 41.0 Å². The highest BCUT2D eigenvalue weighted by Gasteiger charge is 2.18. The number of aromatic nitrogens is 4.